The monoisotopic (exact) mass is 295 g/mol. The molecular formula is C17H14ClN3. The SMILES string of the molecule is Cc1cccc2nc(C(C)Cl)n(-c3cccc(C#N)c3)c12. The number of hydrogen-bond donors (Lipinski definition) is 0. The van der Waals surface area contributed by atoms with Gasteiger partial charge in [0.1, 0.15) is 5.82 Å². The summed E-state index contributed by atoms with van der Waals surface area (Å²) < 4.78 is 2.04. The highest BCUT2D eigenvalue weighted by Crippen LogP contribution is 2.30. The first kappa shape index (κ1) is 13.7. The molecule has 1 heterocycles. The summed E-state index contributed by atoms with van der Waals surface area (Å²) in [5.41, 5.74) is 4.62. The Bertz CT molecular complexity index is 856. The van der Waals surface area contributed by atoms with Crippen molar-refractivity contribution >= 4 is 22.6 Å². The van der Waals surface area contributed by atoms with Gasteiger partial charge in [-0.3, -0.25) is 4.57 Å². The van der Waals surface area contributed by atoms with Gasteiger partial charge in [0.05, 0.1) is 28.0 Å². The smallest absolute Gasteiger partial charge is 0.132 e. The Labute approximate surface area is 128 Å². The zero-order valence-corrected chi connectivity index (χ0v) is 12.6. The average Bonchev–Trinajstić information content (AvgIpc) is 2.88. The number of benzene rings is 2. The topological polar surface area (TPSA) is 41.6 Å². The van der Waals surface area contributed by atoms with Gasteiger partial charge in [0.15, 0.2) is 0 Å². The van der Waals surface area contributed by atoms with Gasteiger partial charge in [-0.15, -0.1) is 11.6 Å². The van der Waals surface area contributed by atoms with Crippen molar-refractivity contribution in [2.75, 3.05) is 0 Å². The lowest BCUT2D eigenvalue weighted by Crippen LogP contribution is -2.02. The van der Waals surface area contributed by atoms with Crippen molar-refractivity contribution < 1.29 is 0 Å². The third-order valence-corrected chi connectivity index (χ3v) is 3.69. The molecule has 3 aromatic rings. The normalized spacial score (nSPS) is 12.3. The Hall–Kier alpha value is -2.31. The van der Waals surface area contributed by atoms with Gasteiger partial charge in [0, 0.05) is 5.69 Å². The Balaban J connectivity index is 2.39. The fourth-order valence-corrected chi connectivity index (χ4v) is 2.70. The largest absolute Gasteiger partial charge is 0.295 e. The van der Waals surface area contributed by atoms with Crippen molar-refractivity contribution in [3.8, 4) is 11.8 Å². The second-order valence-corrected chi connectivity index (χ2v) is 5.68. The van der Waals surface area contributed by atoms with Gasteiger partial charge in [0.25, 0.3) is 0 Å². The zero-order chi connectivity index (χ0) is 15.0. The summed E-state index contributed by atoms with van der Waals surface area (Å²) in [5.74, 6) is 0.788. The highest BCUT2D eigenvalue weighted by Gasteiger charge is 2.17. The number of halogens is 1. The fourth-order valence-electron chi connectivity index (χ4n) is 2.56. The van der Waals surface area contributed by atoms with E-state index in [1.807, 2.05) is 41.8 Å². The van der Waals surface area contributed by atoms with Crippen LogP contribution in [0, 0.1) is 18.3 Å². The van der Waals surface area contributed by atoms with Crippen LogP contribution in [0.2, 0.25) is 0 Å². The lowest BCUT2D eigenvalue weighted by atomic mass is 10.1. The average molecular weight is 296 g/mol. The maximum Gasteiger partial charge on any atom is 0.132 e. The molecule has 3 nitrogen and oxygen atoms in total. The van der Waals surface area contributed by atoms with E-state index in [0.29, 0.717) is 5.56 Å². The summed E-state index contributed by atoms with van der Waals surface area (Å²) in [6, 6.07) is 15.7. The van der Waals surface area contributed by atoms with E-state index in [1.54, 1.807) is 6.07 Å². The maximum absolute atomic E-state index is 9.10. The van der Waals surface area contributed by atoms with Crippen molar-refractivity contribution in [3.05, 3.63) is 59.4 Å². The van der Waals surface area contributed by atoms with Crippen LogP contribution in [0.5, 0.6) is 0 Å². The minimum Gasteiger partial charge on any atom is -0.295 e. The summed E-state index contributed by atoms with van der Waals surface area (Å²) in [4.78, 5) is 4.65. The van der Waals surface area contributed by atoms with Crippen LogP contribution in [-0.2, 0) is 0 Å². The molecule has 0 saturated heterocycles. The summed E-state index contributed by atoms with van der Waals surface area (Å²) in [5, 5.41) is 8.89. The standard InChI is InChI=1S/C17H14ClN3/c1-11-5-3-8-15-16(11)21(17(20-15)12(2)18)14-7-4-6-13(9-14)10-19/h3-9,12H,1-2H3. The molecule has 0 aliphatic rings. The molecule has 3 rings (SSSR count). The molecule has 0 aliphatic carbocycles. The van der Waals surface area contributed by atoms with Crippen molar-refractivity contribution in [1.29, 1.82) is 5.26 Å². The number of fused-ring (bicyclic) bond motifs is 1. The Morgan fingerprint density at radius 2 is 2.00 bits per heavy atom. The van der Waals surface area contributed by atoms with Crippen molar-refractivity contribution in [2.45, 2.75) is 19.2 Å². The highest BCUT2D eigenvalue weighted by molar-refractivity contribution is 6.20. The molecule has 0 N–H and O–H groups in total. The van der Waals surface area contributed by atoms with Gasteiger partial charge >= 0.3 is 0 Å². The summed E-state index contributed by atoms with van der Waals surface area (Å²) >= 11 is 6.31. The molecule has 0 amide bonds. The van der Waals surface area contributed by atoms with Gasteiger partial charge in [-0.1, -0.05) is 18.2 Å². The zero-order valence-electron chi connectivity index (χ0n) is 11.8. The number of hydrogen-bond acceptors (Lipinski definition) is 2. The molecule has 0 aliphatic heterocycles. The summed E-state index contributed by atoms with van der Waals surface area (Å²) in [6.07, 6.45) is 0. The highest BCUT2D eigenvalue weighted by atomic mass is 35.5. The number of aromatic nitrogens is 2. The Kier molecular flexibility index (Phi) is 3.40. The van der Waals surface area contributed by atoms with Crippen LogP contribution < -0.4 is 0 Å². The van der Waals surface area contributed by atoms with Crippen LogP contribution >= 0.6 is 11.6 Å². The van der Waals surface area contributed by atoms with Crippen LogP contribution in [0.1, 0.15) is 29.3 Å². The molecule has 1 aromatic heterocycles. The van der Waals surface area contributed by atoms with Crippen molar-refractivity contribution in [3.63, 3.8) is 0 Å². The molecule has 1 atom stereocenters. The molecular weight excluding hydrogens is 282 g/mol. The number of imidazole rings is 1. The quantitative estimate of drug-likeness (QED) is 0.653. The Morgan fingerprint density at radius 3 is 2.71 bits per heavy atom. The van der Waals surface area contributed by atoms with E-state index in [-0.39, 0.29) is 5.38 Å². The van der Waals surface area contributed by atoms with E-state index in [0.717, 1.165) is 28.1 Å². The first-order valence-corrected chi connectivity index (χ1v) is 7.18. The molecule has 4 heteroatoms. The minimum atomic E-state index is -0.220. The molecule has 21 heavy (non-hydrogen) atoms. The number of alkyl halides is 1. The third-order valence-electron chi connectivity index (χ3n) is 3.49. The van der Waals surface area contributed by atoms with E-state index >= 15 is 0 Å². The van der Waals surface area contributed by atoms with Crippen molar-refractivity contribution in [1.82, 2.24) is 9.55 Å². The fraction of sp³-hybridized carbons (Fsp3) is 0.176. The molecule has 0 fully saturated rings. The second kappa shape index (κ2) is 5.23. The minimum absolute atomic E-state index is 0.220. The molecule has 0 spiro atoms. The molecule has 0 radical (unpaired) electrons. The van der Waals surface area contributed by atoms with Crippen molar-refractivity contribution in [2.24, 2.45) is 0 Å². The van der Waals surface area contributed by atoms with Gasteiger partial charge in [-0.25, -0.2) is 4.98 Å². The number of nitrogens with zero attached hydrogens (tertiary/aromatic N) is 3. The first-order valence-electron chi connectivity index (χ1n) is 6.74. The summed E-state index contributed by atoms with van der Waals surface area (Å²) in [6.45, 7) is 3.96. The molecule has 2 aromatic carbocycles. The second-order valence-electron chi connectivity index (χ2n) is 5.03. The Morgan fingerprint density at radius 1 is 1.24 bits per heavy atom. The predicted molar refractivity (Wildman–Crippen MR) is 84.8 cm³/mol. The van der Waals surface area contributed by atoms with Gasteiger partial charge in [-0.2, -0.15) is 5.26 Å². The van der Waals surface area contributed by atoms with Crippen LogP contribution in [0.25, 0.3) is 16.7 Å². The molecule has 0 bridgehead atoms. The number of nitriles is 1. The lowest BCUT2D eigenvalue weighted by molar-refractivity contribution is 0.881. The molecule has 1 unspecified atom stereocenters. The van der Waals surface area contributed by atoms with E-state index in [1.165, 1.54) is 0 Å². The number of aryl methyl sites for hydroxylation is 1. The van der Waals surface area contributed by atoms with Crippen LogP contribution in [-0.4, -0.2) is 9.55 Å². The number of para-hydroxylation sites is 1. The van der Waals surface area contributed by atoms with Gasteiger partial charge in [0.2, 0.25) is 0 Å². The molecule has 0 saturated carbocycles. The third kappa shape index (κ3) is 2.28. The maximum atomic E-state index is 9.10. The van der Waals surface area contributed by atoms with E-state index in [2.05, 4.69) is 24.0 Å². The first-order chi connectivity index (χ1) is 10.1. The molecule has 104 valence electrons. The van der Waals surface area contributed by atoms with Gasteiger partial charge in [-0.05, 0) is 43.7 Å². The van der Waals surface area contributed by atoms with E-state index < -0.39 is 0 Å². The lowest BCUT2D eigenvalue weighted by Gasteiger charge is -2.12. The van der Waals surface area contributed by atoms with Crippen LogP contribution in [0.3, 0.4) is 0 Å². The van der Waals surface area contributed by atoms with Crippen LogP contribution in [0.4, 0.5) is 0 Å². The van der Waals surface area contributed by atoms with E-state index in [9.17, 15) is 0 Å². The number of rotatable bonds is 2. The summed E-state index contributed by atoms with van der Waals surface area (Å²) in [7, 11) is 0. The van der Waals surface area contributed by atoms with Crippen LogP contribution in [0.15, 0.2) is 42.5 Å². The van der Waals surface area contributed by atoms with E-state index in [4.69, 9.17) is 16.9 Å². The predicted octanol–water partition coefficient (Wildman–Crippen LogP) is 4.51. The van der Waals surface area contributed by atoms with Gasteiger partial charge < -0.3 is 0 Å².